The Bertz CT molecular complexity index is 1540. The molecule has 230 valence electrons. The number of hydrogen-bond donors (Lipinski definition) is 1. The number of amides is 2. The monoisotopic (exact) mass is 643 g/mol. The summed E-state index contributed by atoms with van der Waals surface area (Å²) in [6.45, 7) is 5.24. The Morgan fingerprint density at radius 2 is 1.60 bits per heavy atom. The van der Waals surface area contributed by atoms with Crippen molar-refractivity contribution in [1.29, 1.82) is 0 Å². The van der Waals surface area contributed by atoms with Gasteiger partial charge in [-0.15, -0.1) is 0 Å². The number of carbonyl (C=O) groups excluding carboxylic acids is 2. The molecule has 0 radical (unpaired) electrons. The summed E-state index contributed by atoms with van der Waals surface area (Å²) in [6.07, 6.45) is 5.44. The Hall–Kier alpha value is -3.07. The lowest BCUT2D eigenvalue weighted by Gasteiger charge is -2.34. The number of hydrogen-bond acceptors (Lipinski definition) is 4. The first-order valence-electron chi connectivity index (χ1n) is 14.7. The molecule has 1 atom stereocenters. The number of sulfonamides is 1. The topological polar surface area (TPSA) is 86.8 Å². The van der Waals surface area contributed by atoms with E-state index in [2.05, 4.69) is 5.32 Å². The molecule has 0 aromatic heterocycles. The average molecular weight is 645 g/mol. The highest BCUT2D eigenvalue weighted by Crippen LogP contribution is 2.35. The van der Waals surface area contributed by atoms with Gasteiger partial charge < -0.3 is 10.2 Å². The van der Waals surface area contributed by atoms with Gasteiger partial charge in [0.15, 0.2) is 0 Å². The van der Waals surface area contributed by atoms with Crippen LogP contribution in [0.5, 0.6) is 0 Å². The largest absolute Gasteiger partial charge is 0.352 e. The molecule has 10 heteroatoms. The molecule has 0 unspecified atom stereocenters. The van der Waals surface area contributed by atoms with Crippen LogP contribution in [-0.2, 0) is 26.2 Å². The number of halogens is 2. The fourth-order valence-corrected chi connectivity index (χ4v) is 7.38. The maximum absolute atomic E-state index is 14.3. The summed E-state index contributed by atoms with van der Waals surface area (Å²) in [5.41, 5.74) is 2.82. The van der Waals surface area contributed by atoms with Crippen molar-refractivity contribution in [2.45, 2.75) is 82.8 Å². The second kappa shape index (κ2) is 14.6. The van der Waals surface area contributed by atoms with E-state index in [0.717, 1.165) is 53.1 Å². The molecule has 2 amide bonds. The minimum absolute atomic E-state index is 0.00857. The molecule has 3 aromatic rings. The van der Waals surface area contributed by atoms with Crippen molar-refractivity contribution < 1.29 is 18.0 Å². The second-order valence-corrected chi connectivity index (χ2v) is 13.8. The van der Waals surface area contributed by atoms with E-state index in [0.29, 0.717) is 6.42 Å². The van der Waals surface area contributed by atoms with E-state index in [9.17, 15) is 18.0 Å². The van der Waals surface area contributed by atoms with Gasteiger partial charge in [0.1, 0.15) is 12.6 Å². The Morgan fingerprint density at radius 1 is 0.930 bits per heavy atom. The highest BCUT2D eigenvalue weighted by molar-refractivity contribution is 7.92. The lowest BCUT2D eigenvalue weighted by atomic mass is 9.95. The van der Waals surface area contributed by atoms with Crippen LogP contribution in [0.3, 0.4) is 0 Å². The van der Waals surface area contributed by atoms with Gasteiger partial charge in [0.25, 0.3) is 10.0 Å². The Morgan fingerprint density at radius 3 is 2.26 bits per heavy atom. The predicted molar refractivity (Wildman–Crippen MR) is 173 cm³/mol. The summed E-state index contributed by atoms with van der Waals surface area (Å²) in [5, 5.41) is 3.33. The summed E-state index contributed by atoms with van der Waals surface area (Å²) >= 11 is 12.8. The molecular formula is C33H39Cl2N3O4S. The van der Waals surface area contributed by atoms with Crippen molar-refractivity contribution in [2.24, 2.45) is 0 Å². The van der Waals surface area contributed by atoms with Crippen molar-refractivity contribution in [3.63, 3.8) is 0 Å². The summed E-state index contributed by atoms with van der Waals surface area (Å²) < 4.78 is 29.1. The van der Waals surface area contributed by atoms with Crippen LogP contribution < -0.4 is 9.62 Å². The minimum atomic E-state index is -4.25. The van der Waals surface area contributed by atoms with Gasteiger partial charge in [-0.25, -0.2) is 8.42 Å². The van der Waals surface area contributed by atoms with E-state index in [1.165, 1.54) is 23.1 Å². The van der Waals surface area contributed by atoms with Gasteiger partial charge in [-0.2, -0.15) is 0 Å². The van der Waals surface area contributed by atoms with Crippen molar-refractivity contribution >= 4 is 50.7 Å². The van der Waals surface area contributed by atoms with E-state index in [4.69, 9.17) is 23.2 Å². The van der Waals surface area contributed by atoms with Crippen LogP contribution in [0, 0.1) is 13.8 Å². The van der Waals surface area contributed by atoms with Gasteiger partial charge in [0, 0.05) is 12.6 Å². The van der Waals surface area contributed by atoms with E-state index in [1.54, 1.807) is 24.3 Å². The summed E-state index contributed by atoms with van der Waals surface area (Å²) in [6, 6.07) is 18.0. The molecule has 0 heterocycles. The number of rotatable bonds is 11. The molecule has 0 aliphatic heterocycles. The number of benzene rings is 3. The molecule has 0 saturated heterocycles. The highest BCUT2D eigenvalue weighted by atomic mass is 35.5. The number of nitrogens with one attached hydrogen (secondary N) is 1. The zero-order valence-electron chi connectivity index (χ0n) is 24.9. The van der Waals surface area contributed by atoms with Gasteiger partial charge in [-0.1, -0.05) is 103 Å². The fraction of sp³-hybridized carbons (Fsp3) is 0.394. The molecule has 43 heavy (non-hydrogen) atoms. The molecule has 1 saturated carbocycles. The normalized spacial score (nSPS) is 14.6. The first-order valence-corrected chi connectivity index (χ1v) is 16.9. The van der Waals surface area contributed by atoms with Crippen molar-refractivity contribution in [3.05, 3.63) is 93.5 Å². The van der Waals surface area contributed by atoms with Crippen LogP contribution in [0.4, 0.5) is 5.69 Å². The van der Waals surface area contributed by atoms with E-state index < -0.39 is 28.5 Å². The molecule has 0 bridgehead atoms. The maximum atomic E-state index is 14.3. The Balaban J connectivity index is 1.74. The Labute approximate surface area is 265 Å². The standard InChI is InChI=1S/C33H39Cl2N3O4S/c1-4-29(33(40)36-26-12-6-5-7-13-26)37(21-25-11-8-10-24(3)20-25)31(39)22-38(30-15-9-14-28(34)32(30)35)43(41,42)27-18-16-23(2)17-19-27/h8-11,14-20,26,29H,4-7,12-13,21-22H2,1-3H3,(H,36,40)/t29-/m1/s1. The van der Waals surface area contributed by atoms with E-state index in [1.807, 2.05) is 45.0 Å². The third-order valence-electron chi connectivity index (χ3n) is 7.86. The predicted octanol–water partition coefficient (Wildman–Crippen LogP) is 7.06. The first-order chi connectivity index (χ1) is 20.5. The average Bonchev–Trinajstić information content (AvgIpc) is 2.98. The third kappa shape index (κ3) is 8.11. The van der Waals surface area contributed by atoms with Crippen molar-refractivity contribution in [2.75, 3.05) is 10.8 Å². The zero-order chi connectivity index (χ0) is 31.1. The van der Waals surface area contributed by atoms with Crippen LogP contribution >= 0.6 is 23.2 Å². The van der Waals surface area contributed by atoms with Crippen LogP contribution in [0.1, 0.15) is 62.1 Å². The van der Waals surface area contributed by atoms with Crippen LogP contribution in [0.15, 0.2) is 71.6 Å². The first kappa shape index (κ1) is 32.8. The number of nitrogens with zero attached hydrogens (tertiary/aromatic N) is 2. The smallest absolute Gasteiger partial charge is 0.264 e. The van der Waals surface area contributed by atoms with Gasteiger partial charge in [-0.05, 0) is 62.9 Å². The van der Waals surface area contributed by atoms with E-state index in [-0.39, 0.29) is 39.1 Å². The summed E-state index contributed by atoms with van der Waals surface area (Å²) in [7, 11) is -4.25. The van der Waals surface area contributed by atoms with Gasteiger partial charge in [-0.3, -0.25) is 13.9 Å². The molecule has 7 nitrogen and oxygen atoms in total. The van der Waals surface area contributed by atoms with Crippen molar-refractivity contribution in [3.8, 4) is 0 Å². The van der Waals surface area contributed by atoms with E-state index >= 15 is 0 Å². The molecular weight excluding hydrogens is 605 g/mol. The Kier molecular flexibility index (Phi) is 11.2. The molecule has 1 N–H and O–H groups in total. The quantitative estimate of drug-likeness (QED) is 0.242. The molecule has 0 spiro atoms. The van der Waals surface area contributed by atoms with Gasteiger partial charge in [0.2, 0.25) is 11.8 Å². The third-order valence-corrected chi connectivity index (χ3v) is 10.4. The lowest BCUT2D eigenvalue weighted by Crippen LogP contribution is -2.54. The van der Waals surface area contributed by atoms with Crippen LogP contribution in [0.2, 0.25) is 10.0 Å². The fourth-order valence-electron chi connectivity index (χ4n) is 5.51. The van der Waals surface area contributed by atoms with Crippen LogP contribution in [-0.4, -0.2) is 43.8 Å². The van der Waals surface area contributed by atoms with Crippen molar-refractivity contribution in [1.82, 2.24) is 10.2 Å². The number of aryl methyl sites for hydroxylation is 2. The second-order valence-electron chi connectivity index (χ2n) is 11.2. The van der Waals surface area contributed by atoms with Gasteiger partial charge >= 0.3 is 0 Å². The number of carbonyl (C=O) groups is 2. The highest BCUT2D eigenvalue weighted by Gasteiger charge is 2.35. The summed E-state index contributed by atoms with van der Waals surface area (Å²) in [4.78, 5) is 29.5. The van der Waals surface area contributed by atoms with Crippen LogP contribution in [0.25, 0.3) is 0 Å². The summed E-state index contributed by atoms with van der Waals surface area (Å²) in [5.74, 6) is -0.761. The number of anilines is 1. The maximum Gasteiger partial charge on any atom is 0.264 e. The lowest BCUT2D eigenvalue weighted by molar-refractivity contribution is -0.140. The zero-order valence-corrected chi connectivity index (χ0v) is 27.2. The molecule has 1 fully saturated rings. The molecule has 1 aliphatic rings. The molecule has 1 aliphatic carbocycles. The van der Waals surface area contributed by atoms with Gasteiger partial charge in [0.05, 0.1) is 20.6 Å². The molecule has 3 aromatic carbocycles. The SMILES string of the molecule is CC[C@H](C(=O)NC1CCCCC1)N(Cc1cccc(C)c1)C(=O)CN(c1cccc(Cl)c1Cl)S(=O)(=O)c1ccc(C)cc1. The molecule has 4 rings (SSSR count). The minimum Gasteiger partial charge on any atom is -0.352 e.